The zero-order valence-electron chi connectivity index (χ0n) is 11.0. The molecule has 0 aliphatic rings. The van der Waals surface area contributed by atoms with E-state index in [1.807, 2.05) is 12.1 Å². The van der Waals surface area contributed by atoms with Crippen molar-refractivity contribution in [2.24, 2.45) is 0 Å². The number of nitrogens with one attached hydrogen (secondary N) is 1. The van der Waals surface area contributed by atoms with Gasteiger partial charge in [0.1, 0.15) is 5.82 Å². The number of amides is 1. The molecular formula is C16H16FNO. The summed E-state index contributed by atoms with van der Waals surface area (Å²) in [5.41, 5.74) is 2.72. The SMILES string of the molecule is CCc1ccc(C(=O)Nc2ccc(C)cc2F)cc1. The van der Waals surface area contributed by atoms with E-state index in [9.17, 15) is 9.18 Å². The lowest BCUT2D eigenvalue weighted by Gasteiger charge is -2.07. The molecule has 0 aliphatic carbocycles. The topological polar surface area (TPSA) is 29.1 Å². The van der Waals surface area contributed by atoms with E-state index in [2.05, 4.69) is 12.2 Å². The molecule has 2 nitrogen and oxygen atoms in total. The summed E-state index contributed by atoms with van der Waals surface area (Å²) in [6.07, 6.45) is 0.925. The zero-order chi connectivity index (χ0) is 13.8. The molecule has 0 spiro atoms. The lowest BCUT2D eigenvalue weighted by atomic mass is 10.1. The van der Waals surface area contributed by atoms with Crippen molar-refractivity contribution in [1.82, 2.24) is 0 Å². The van der Waals surface area contributed by atoms with Crippen LogP contribution in [0.25, 0.3) is 0 Å². The maximum absolute atomic E-state index is 13.6. The molecule has 0 radical (unpaired) electrons. The summed E-state index contributed by atoms with van der Waals surface area (Å²) >= 11 is 0. The van der Waals surface area contributed by atoms with Gasteiger partial charge in [0.15, 0.2) is 0 Å². The van der Waals surface area contributed by atoms with Crippen LogP contribution < -0.4 is 5.32 Å². The molecular weight excluding hydrogens is 241 g/mol. The van der Waals surface area contributed by atoms with Gasteiger partial charge in [-0.15, -0.1) is 0 Å². The van der Waals surface area contributed by atoms with Crippen LogP contribution >= 0.6 is 0 Å². The fourth-order valence-corrected chi connectivity index (χ4v) is 1.81. The van der Waals surface area contributed by atoms with Crippen molar-refractivity contribution in [1.29, 1.82) is 0 Å². The van der Waals surface area contributed by atoms with Gasteiger partial charge >= 0.3 is 0 Å². The van der Waals surface area contributed by atoms with Crippen LogP contribution in [0.15, 0.2) is 42.5 Å². The van der Waals surface area contributed by atoms with Crippen LogP contribution in [-0.4, -0.2) is 5.91 Å². The third-order valence-electron chi connectivity index (χ3n) is 3.00. The molecule has 0 atom stereocenters. The third kappa shape index (κ3) is 3.19. The first-order valence-corrected chi connectivity index (χ1v) is 6.26. The van der Waals surface area contributed by atoms with Gasteiger partial charge in [-0.2, -0.15) is 0 Å². The largest absolute Gasteiger partial charge is 0.319 e. The molecule has 0 saturated carbocycles. The van der Waals surface area contributed by atoms with Gasteiger partial charge < -0.3 is 5.32 Å². The lowest BCUT2D eigenvalue weighted by Crippen LogP contribution is -2.13. The Morgan fingerprint density at radius 3 is 2.42 bits per heavy atom. The second kappa shape index (κ2) is 5.65. The number of hydrogen-bond donors (Lipinski definition) is 1. The molecule has 3 heteroatoms. The van der Waals surface area contributed by atoms with Gasteiger partial charge in [0.25, 0.3) is 5.91 Å². The second-order valence-corrected chi connectivity index (χ2v) is 4.49. The van der Waals surface area contributed by atoms with Crippen LogP contribution in [0.3, 0.4) is 0 Å². The zero-order valence-corrected chi connectivity index (χ0v) is 11.0. The van der Waals surface area contributed by atoms with E-state index in [-0.39, 0.29) is 11.6 Å². The molecule has 2 rings (SSSR count). The number of carbonyl (C=O) groups excluding carboxylic acids is 1. The van der Waals surface area contributed by atoms with Gasteiger partial charge in [-0.25, -0.2) is 4.39 Å². The Labute approximate surface area is 112 Å². The van der Waals surface area contributed by atoms with Crippen molar-refractivity contribution in [3.05, 3.63) is 65.0 Å². The summed E-state index contributed by atoms with van der Waals surface area (Å²) in [4.78, 5) is 12.0. The maximum Gasteiger partial charge on any atom is 0.255 e. The van der Waals surface area contributed by atoms with Crippen molar-refractivity contribution in [2.75, 3.05) is 5.32 Å². The quantitative estimate of drug-likeness (QED) is 0.886. The van der Waals surface area contributed by atoms with Gasteiger partial charge in [0, 0.05) is 5.56 Å². The molecule has 0 bridgehead atoms. The molecule has 98 valence electrons. The van der Waals surface area contributed by atoms with E-state index in [0.717, 1.165) is 17.5 Å². The van der Waals surface area contributed by atoms with Gasteiger partial charge in [0.2, 0.25) is 0 Å². The monoisotopic (exact) mass is 257 g/mol. The van der Waals surface area contributed by atoms with E-state index in [4.69, 9.17) is 0 Å². The fraction of sp³-hybridized carbons (Fsp3) is 0.188. The number of benzene rings is 2. The third-order valence-corrected chi connectivity index (χ3v) is 3.00. The molecule has 1 N–H and O–H groups in total. The first-order valence-electron chi connectivity index (χ1n) is 6.26. The molecule has 2 aromatic rings. The summed E-state index contributed by atoms with van der Waals surface area (Å²) < 4.78 is 13.6. The van der Waals surface area contributed by atoms with Crippen LogP contribution in [0.4, 0.5) is 10.1 Å². The van der Waals surface area contributed by atoms with Crippen LogP contribution in [0.2, 0.25) is 0 Å². The van der Waals surface area contributed by atoms with Crippen LogP contribution in [0.1, 0.15) is 28.4 Å². The van der Waals surface area contributed by atoms with E-state index in [1.165, 1.54) is 6.07 Å². The van der Waals surface area contributed by atoms with Crippen molar-refractivity contribution in [2.45, 2.75) is 20.3 Å². The molecule has 19 heavy (non-hydrogen) atoms. The second-order valence-electron chi connectivity index (χ2n) is 4.49. The minimum Gasteiger partial charge on any atom is -0.319 e. The number of hydrogen-bond acceptors (Lipinski definition) is 1. The number of halogens is 1. The smallest absolute Gasteiger partial charge is 0.255 e. The Kier molecular flexibility index (Phi) is 3.95. The van der Waals surface area contributed by atoms with Crippen molar-refractivity contribution in [3.63, 3.8) is 0 Å². The molecule has 0 aromatic heterocycles. The Morgan fingerprint density at radius 1 is 1.16 bits per heavy atom. The number of rotatable bonds is 3. The van der Waals surface area contributed by atoms with Crippen molar-refractivity contribution >= 4 is 11.6 Å². The molecule has 0 unspecified atom stereocenters. The van der Waals surface area contributed by atoms with Crippen molar-refractivity contribution in [3.8, 4) is 0 Å². The Balaban J connectivity index is 2.15. The first-order chi connectivity index (χ1) is 9.10. The van der Waals surface area contributed by atoms with Crippen LogP contribution in [-0.2, 0) is 6.42 Å². The van der Waals surface area contributed by atoms with Gasteiger partial charge in [-0.1, -0.05) is 25.1 Å². The van der Waals surface area contributed by atoms with Crippen LogP contribution in [0, 0.1) is 12.7 Å². The number of aryl methyl sites for hydroxylation is 2. The van der Waals surface area contributed by atoms with E-state index >= 15 is 0 Å². The van der Waals surface area contributed by atoms with Gasteiger partial charge in [-0.3, -0.25) is 4.79 Å². The standard InChI is InChI=1S/C16H16FNO/c1-3-12-5-7-13(8-6-12)16(19)18-15-9-4-11(2)10-14(15)17/h4-10H,3H2,1-2H3,(H,18,19). The van der Waals surface area contributed by atoms with Gasteiger partial charge in [0.05, 0.1) is 5.69 Å². The minimum absolute atomic E-state index is 0.204. The minimum atomic E-state index is -0.418. The average molecular weight is 257 g/mol. The highest BCUT2D eigenvalue weighted by molar-refractivity contribution is 6.04. The highest BCUT2D eigenvalue weighted by Crippen LogP contribution is 2.16. The number of carbonyl (C=O) groups is 1. The summed E-state index contributed by atoms with van der Waals surface area (Å²) in [5.74, 6) is -0.719. The maximum atomic E-state index is 13.6. The van der Waals surface area contributed by atoms with Crippen LogP contribution in [0.5, 0.6) is 0 Å². The number of anilines is 1. The Hall–Kier alpha value is -2.16. The normalized spacial score (nSPS) is 10.3. The summed E-state index contributed by atoms with van der Waals surface area (Å²) in [6.45, 7) is 3.86. The average Bonchev–Trinajstić information content (AvgIpc) is 2.42. The van der Waals surface area contributed by atoms with Gasteiger partial charge in [-0.05, 0) is 48.7 Å². The summed E-state index contributed by atoms with van der Waals surface area (Å²) in [5, 5.41) is 2.58. The van der Waals surface area contributed by atoms with E-state index in [0.29, 0.717) is 5.56 Å². The Bertz CT molecular complexity index is 590. The first kappa shape index (κ1) is 13.3. The Morgan fingerprint density at radius 2 is 1.84 bits per heavy atom. The lowest BCUT2D eigenvalue weighted by molar-refractivity contribution is 0.102. The molecule has 1 amide bonds. The van der Waals surface area contributed by atoms with E-state index in [1.54, 1.807) is 31.2 Å². The molecule has 0 fully saturated rings. The van der Waals surface area contributed by atoms with E-state index < -0.39 is 5.82 Å². The molecule has 0 saturated heterocycles. The highest BCUT2D eigenvalue weighted by atomic mass is 19.1. The molecule has 0 heterocycles. The summed E-state index contributed by atoms with van der Waals surface area (Å²) in [7, 11) is 0. The molecule has 2 aromatic carbocycles. The highest BCUT2D eigenvalue weighted by Gasteiger charge is 2.09. The predicted molar refractivity (Wildman–Crippen MR) is 74.9 cm³/mol. The summed E-state index contributed by atoms with van der Waals surface area (Å²) in [6, 6.07) is 12.0. The molecule has 0 aliphatic heterocycles. The van der Waals surface area contributed by atoms with Crippen molar-refractivity contribution < 1.29 is 9.18 Å². The fourth-order valence-electron chi connectivity index (χ4n) is 1.81. The predicted octanol–water partition coefficient (Wildman–Crippen LogP) is 3.95.